The summed E-state index contributed by atoms with van der Waals surface area (Å²) in [6.45, 7) is 15.1. The van der Waals surface area contributed by atoms with Crippen LogP contribution in [-0.2, 0) is 0 Å². The quantitative estimate of drug-likeness (QED) is 0.591. The highest BCUT2D eigenvalue weighted by atomic mass is 15.1. The van der Waals surface area contributed by atoms with Crippen LogP contribution in [0.25, 0.3) is 0 Å². The van der Waals surface area contributed by atoms with E-state index in [1.807, 2.05) is 0 Å². The fraction of sp³-hybridized carbons (Fsp3) is 0.900. The van der Waals surface area contributed by atoms with Gasteiger partial charge in [-0.2, -0.15) is 0 Å². The van der Waals surface area contributed by atoms with Crippen molar-refractivity contribution in [2.45, 2.75) is 40.2 Å². The highest BCUT2D eigenvalue weighted by Gasteiger charge is 2.10. The molecular formula is C10H22N. The zero-order valence-corrected chi connectivity index (χ0v) is 8.43. The van der Waals surface area contributed by atoms with E-state index in [-0.39, 0.29) is 0 Å². The molecule has 0 aromatic rings. The fourth-order valence-electron chi connectivity index (χ4n) is 1.22. The summed E-state index contributed by atoms with van der Waals surface area (Å²) in [7, 11) is 0. The Kier molecular flexibility index (Phi) is 5.57. The first-order chi connectivity index (χ1) is 5.11. The number of rotatable bonds is 5. The third-order valence-corrected chi connectivity index (χ3v) is 2.10. The van der Waals surface area contributed by atoms with E-state index in [2.05, 4.69) is 39.5 Å². The average molecular weight is 156 g/mol. The topological polar surface area (TPSA) is 3.24 Å². The molecule has 1 atom stereocenters. The van der Waals surface area contributed by atoms with Crippen molar-refractivity contribution in [3.05, 3.63) is 6.92 Å². The van der Waals surface area contributed by atoms with E-state index in [9.17, 15) is 0 Å². The van der Waals surface area contributed by atoms with E-state index in [4.69, 9.17) is 0 Å². The maximum absolute atomic E-state index is 3.93. The lowest BCUT2D eigenvalue weighted by atomic mass is 10.1. The van der Waals surface area contributed by atoms with Crippen LogP contribution in [0, 0.1) is 12.8 Å². The monoisotopic (exact) mass is 156 g/mol. The van der Waals surface area contributed by atoms with Gasteiger partial charge in [-0.3, -0.25) is 0 Å². The lowest BCUT2D eigenvalue weighted by molar-refractivity contribution is 0.201. The van der Waals surface area contributed by atoms with Crippen LogP contribution in [0.15, 0.2) is 0 Å². The first kappa shape index (κ1) is 11.0. The zero-order valence-electron chi connectivity index (χ0n) is 8.43. The zero-order chi connectivity index (χ0) is 8.85. The normalized spacial score (nSPS) is 14.5. The van der Waals surface area contributed by atoms with Gasteiger partial charge >= 0.3 is 0 Å². The van der Waals surface area contributed by atoms with Crippen molar-refractivity contribution in [2.75, 3.05) is 13.1 Å². The predicted molar refractivity (Wildman–Crippen MR) is 51.5 cm³/mol. The van der Waals surface area contributed by atoms with Gasteiger partial charge in [0.2, 0.25) is 0 Å². The van der Waals surface area contributed by atoms with Gasteiger partial charge in [0.1, 0.15) is 0 Å². The minimum atomic E-state index is 0.690. The maximum atomic E-state index is 3.93. The van der Waals surface area contributed by atoms with E-state index >= 15 is 0 Å². The first-order valence-corrected chi connectivity index (χ1v) is 4.65. The third-order valence-electron chi connectivity index (χ3n) is 2.10. The Morgan fingerprint density at radius 1 is 1.27 bits per heavy atom. The molecule has 0 aliphatic carbocycles. The highest BCUT2D eigenvalue weighted by Crippen LogP contribution is 2.06. The summed E-state index contributed by atoms with van der Waals surface area (Å²) in [6, 6.07) is 0.690. The molecule has 0 spiro atoms. The largest absolute Gasteiger partial charge is 0.300 e. The Balaban J connectivity index is 3.74. The molecule has 0 heterocycles. The number of hydrogen-bond donors (Lipinski definition) is 0. The summed E-state index contributed by atoms with van der Waals surface area (Å²) in [4.78, 5) is 2.44. The number of hydrogen-bond acceptors (Lipinski definition) is 1. The van der Waals surface area contributed by atoms with E-state index in [1.165, 1.54) is 13.0 Å². The third kappa shape index (κ3) is 4.41. The predicted octanol–water partition coefficient (Wildman–Crippen LogP) is 2.58. The molecule has 0 aromatic carbocycles. The summed E-state index contributed by atoms with van der Waals surface area (Å²) in [6.07, 6.45) is 1.22. The second-order valence-corrected chi connectivity index (χ2v) is 3.65. The van der Waals surface area contributed by atoms with Crippen molar-refractivity contribution in [2.24, 2.45) is 5.92 Å². The lowest BCUT2D eigenvalue weighted by Crippen LogP contribution is -2.35. The maximum Gasteiger partial charge on any atom is 0.00644 e. The molecule has 11 heavy (non-hydrogen) atoms. The van der Waals surface area contributed by atoms with Gasteiger partial charge in [-0.1, -0.05) is 20.8 Å². The van der Waals surface area contributed by atoms with Crippen LogP contribution >= 0.6 is 0 Å². The summed E-state index contributed by atoms with van der Waals surface area (Å²) < 4.78 is 0. The van der Waals surface area contributed by atoms with Crippen molar-refractivity contribution in [3.63, 3.8) is 0 Å². The van der Waals surface area contributed by atoms with E-state index < -0.39 is 0 Å². The van der Waals surface area contributed by atoms with Crippen LogP contribution < -0.4 is 0 Å². The molecule has 0 aliphatic heterocycles. The minimum absolute atomic E-state index is 0.690. The number of nitrogens with zero attached hydrogens (tertiary/aromatic N) is 1. The molecule has 0 fully saturated rings. The molecule has 0 bridgehead atoms. The van der Waals surface area contributed by atoms with Crippen LogP contribution in [0.4, 0.5) is 0 Å². The smallest absolute Gasteiger partial charge is 0.00644 e. The van der Waals surface area contributed by atoms with Gasteiger partial charge in [-0.05, 0) is 32.7 Å². The summed E-state index contributed by atoms with van der Waals surface area (Å²) in [5.74, 6) is 0.755. The van der Waals surface area contributed by atoms with Crippen LogP contribution in [-0.4, -0.2) is 24.0 Å². The van der Waals surface area contributed by atoms with Gasteiger partial charge in [0.25, 0.3) is 0 Å². The standard InChI is InChI=1S/C10H22N/c1-6-10(5)11(7-2)8-9(3)4/h9-10H,2,6-8H2,1,3-5H3. The molecule has 1 unspecified atom stereocenters. The molecule has 67 valence electrons. The molecule has 0 aliphatic rings. The van der Waals surface area contributed by atoms with Crippen molar-refractivity contribution < 1.29 is 0 Å². The fourth-order valence-corrected chi connectivity index (χ4v) is 1.22. The Hall–Kier alpha value is -0.0400. The molecule has 1 heteroatoms. The molecule has 0 saturated heterocycles. The van der Waals surface area contributed by atoms with Gasteiger partial charge in [-0.15, -0.1) is 0 Å². The Labute approximate surface area is 71.8 Å². The molecule has 1 radical (unpaired) electrons. The molecular weight excluding hydrogens is 134 g/mol. The average Bonchev–Trinajstić information content (AvgIpc) is 1.98. The van der Waals surface area contributed by atoms with E-state index in [0.29, 0.717) is 6.04 Å². The Morgan fingerprint density at radius 3 is 2.09 bits per heavy atom. The molecule has 0 amide bonds. The molecule has 0 saturated carbocycles. The van der Waals surface area contributed by atoms with E-state index in [1.54, 1.807) is 0 Å². The molecule has 0 aromatic heterocycles. The molecule has 0 rings (SSSR count). The second kappa shape index (κ2) is 5.59. The van der Waals surface area contributed by atoms with Crippen LogP contribution in [0.3, 0.4) is 0 Å². The summed E-state index contributed by atoms with van der Waals surface area (Å²) in [5, 5.41) is 0. The van der Waals surface area contributed by atoms with Gasteiger partial charge < -0.3 is 4.90 Å². The highest BCUT2D eigenvalue weighted by molar-refractivity contribution is 4.67. The van der Waals surface area contributed by atoms with E-state index in [0.717, 1.165) is 12.5 Å². The second-order valence-electron chi connectivity index (χ2n) is 3.65. The van der Waals surface area contributed by atoms with Gasteiger partial charge in [0.05, 0.1) is 0 Å². The van der Waals surface area contributed by atoms with Crippen molar-refractivity contribution in [3.8, 4) is 0 Å². The molecule has 0 N–H and O–H groups in total. The first-order valence-electron chi connectivity index (χ1n) is 4.65. The van der Waals surface area contributed by atoms with Crippen LogP contribution in [0.2, 0.25) is 0 Å². The minimum Gasteiger partial charge on any atom is -0.300 e. The van der Waals surface area contributed by atoms with Gasteiger partial charge in [-0.25, -0.2) is 0 Å². The van der Waals surface area contributed by atoms with Crippen molar-refractivity contribution in [1.82, 2.24) is 4.90 Å². The van der Waals surface area contributed by atoms with Gasteiger partial charge in [0.15, 0.2) is 0 Å². The SMILES string of the molecule is [CH2]CN(CC(C)C)C(C)CC. The molecule has 1 nitrogen and oxygen atoms in total. The summed E-state index contributed by atoms with van der Waals surface area (Å²) in [5.41, 5.74) is 0. The van der Waals surface area contributed by atoms with Crippen LogP contribution in [0.1, 0.15) is 34.1 Å². The van der Waals surface area contributed by atoms with Gasteiger partial charge in [0, 0.05) is 12.6 Å². The lowest BCUT2D eigenvalue weighted by Gasteiger charge is -2.28. The van der Waals surface area contributed by atoms with Crippen molar-refractivity contribution in [1.29, 1.82) is 0 Å². The van der Waals surface area contributed by atoms with Crippen LogP contribution in [0.5, 0.6) is 0 Å². The summed E-state index contributed by atoms with van der Waals surface area (Å²) >= 11 is 0. The Morgan fingerprint density at radius 2 is 1.82 bits per heavy atom. The Bertz CT molecular complexity index is 88.9. The van der Waals surface area contributed by atoms with Crippen molar-refractivity contribution >= 4 is 0 Å².